The van der Waals surface area contributed by atoms with Crippen LogP contribution in [0.15, 0.2) is 36.5 Å². The molecule has 1 aromatic rings. The number of carbonyl (C=O) groups excluding carboxylic acids is 2. The molecule has 2 rings (SSSR count). The van der Waals surface area contributed by atoms with Crippen molar-refractivity contribution in [3.8, 4) is 0 Å². The van der Waals surface area contributed by atoms with Crippen LogP contribution >= 0.6 is 0 Å². The molecule has 22 heavy (non-hydrogen) atoms. The number of likely N-dealkylation sites (tertiary alicyclic amines) is 1. The molecule has 1 heterocycles. The van der Waals surface area contributed by atoms with E-state index in [4.69, 9.17) is 0 Å². The minimum absolute atomic E-state index is 0.0201. The van der Waals surface area contributed by atoms with E-state index in [-0.39, 0.29) is 23.8 Å². The van der Waals surface area contributed by atoms with Gasteiger partial charge in [-0.15, -0.1) is 0 Å². The van der Waals surface area contributed by atoms with Gasteiger partial charge >= 0.3 is 0 Å². The maximum absolute atomic E-state index is 12.3. The molecule has 0 aliphatic carbocycles. The van der Waals surface area contributed by atoms with Crippen molar-refractivity contribution in [2.75, 3.05) is 6.54 Å². The second-order valence-electron chi connectivity index (χ2n) is 5.75. The Morgan fingerprint density at radius 1 is 1.36 bits per heavy atom. The molecule has 118 valence electrons. The molecular weight excluding hydrogens is 276 g/mol. The van der Waals surface area contributed by atoms with Crippen LogP contribution in [0.25, 0.3) is 6.08 Å². The lowest BCUT2D eigenvalue weighted by Crippen LogP contribution is -2.46. The highest BCUT2D eigenvalue weighted by Gasteiger charge is 2.34. The lowest BCUT2D eigenvalue weighted by Gasteiger charge is -2.26. The number of hydrogen-bond acceptors (Lipinski definition) is 2. The largest absolute Gasteiger partial charge is 0.331 e. The summed E-state index contributed by atoms with van der Waals surface area (Å²) in [6, 6.07) is 9.46. The molecule has 1 aromatic carbocycles. The molecule has 1 fully saturated rings. The molecule has 2 atom stereocenters. The van der Waals surface area contributed by atoms with Crippen molar-refractivity contribution in [3.63, 3.8) is 0 Å². The molecule has 1 N–H and O–H groups in total. The number of nitrogens with one attached hydrogen (secondary N) is 1. The summed E-state index contributed by atoms with van der Waals surface area (Å²) in [7, 11) is 0. The van der Waals surface area contributed by atoms with E-state index in [2.05, 4.69) is 5.32 Å². The van der Waals surface area contributed by atoms with Crippen LogP contribution in [0, 0.1) is 5.92 Å². The van der Waals surface area contributed by atoms with Crippen LogP contribution in [0.4, 0.5) is 0 Å². The Labute approximate surface area is 132 Å². The van der Waals surface area contributed by atoms with Gasteiger partial charge in [-0.3, -0.25) is 9.59 Å². The van der Waals surface area contributed by atoms with Gasteiger partial charge in [0.05, 0.1) is 0 Å². The number of amides is 2. The van der Waals surface area contributed by atoms with Crippen LogP contribution in [0.3, 0.4) is 0 Å². The Balaban J connectivity index is 1.94. The molecule has 1 saturated heterocycles. The molecule has 1 aliphatic rings. The molecule has 4 nitrogen and oxygen atoms in total. The molecule has 0 saturated carbocycles. The topological polar surface area (TPSA) is 49.4 Å². The van der Waals surface area contributed by atoms with Crippen LogP contribution < -0.4 is 5.32 Å². The zero-order valence-electron chi connectivity index (χ0n) is 13.3. The highest BCUT2D eigenvalue weighted by atomic mass is 16.2. The molecule has 1 aliphatic heterocycles. The van der Waals surface area contributed by atoms with E-state index in [1.54, 1.807) is 11.1 Å². The summed E-state index contributed by atoms with van der Waals surface area (Å²) >= 11 is 0. The fraction of sp³-hybridized carbons (Fsp3) is 0.444. The Morgan fingerprint density at radius 2 is 2.09 bits per heavy atom. The first-order valence-corrected chi connectivity index (χ1v) is 7.96. The van der Waals surface area contributed by atoms with Crippen LogP contribution in [-0.2, 0) is 9.59 Å². The fourth-order valence-electron chi connectivity index (χ4n) is 2.64. The first kappa shape index (κ1) is 16.3. The second-order valence-corrected chi connectivity index (χ2v) is 5.75. The third-order valence-corrected chi connectivity index (χ3v) is 4.17. The van der Waals surface area contributed by atoms with E-state index in [1.807, 2.05) is 50.3 Å². The predicted octanol–water partition coefficient (Wildman–Crippen LogP) is 2.81. The van der Waals surface area contributed by atoms with Crippen molar-refractivity contribution >= 4 is 17.9 Å². The number of hydrogen-bond donors (Lipinski definition) is 1. The Kier molecular flexibility index (Phi) is 5.75. The molecule has 2 unspecified atom stereocenters. The van der Waals surface area contributed by atoms with E-state index >= 15 is 0 Å². The molecule has 2 amide bonds. The van der Waals surface area contributed by atoms with Crippen molar-refractivity contribution in [3.05, 3.63) is 42.1 Å². The highest BCUT2D eigenvalue weighted by molar-refractivity contribution is 5.89. The Morgan fingerprint density at radius 3 is 2.77 bits per heavy atom. The van der Waals surface area contributed by atoms with Gasteiger partial charge in [-0.2, -0.15) is 0 Å². The van der Waals surface area contributed by atoms with Crippen molar-refractivity contribution < 1.29 is 9.59 Å². The molecular formula is C18H24N2O2. The van der Waals surface area contributed by atoms with Crippen LogP contribution in [-0.4, -0.2) is 29.3 Å². The van der Waals surface area contributed by atoms with Crippen molar-refractivity contribution in [1.82, 2.24) is 10.2 Å². The van der Waals surface area contributed by atoms with Gasteiger partial charge in [0, 0.05) is 18.7 Å². The zero-order valence-corrected chi connectivity index (χ0v) is 13.3. The number of rotatable bonds is 5. The molecule has 0 spiro atoms. The fourth-order valence-corrected chi connectivity index (χ4v) is 2.64. The lowest BCUT2D eigenvalue weighted by molar-refractivity contribution is -0.140. The maximum Gasteiger partial charge on any atom is 0.246 e. The first-order valence-electron chi connectivity index (χ1n) is 7.96. The minimum atomic E-state index is -0.332. The normalized spacial score (nSPS) is 19.4. The van der Waals surface area contributed by atoms with Gasteiger partial charge in [-0.1, -0.05) is 44.2 Å². The summed E-state index contributed by atoms with van der Waals surface area (Å²) in [5, 5.41) is 2.80. The average molecular weight is 300 g/mol. The van der Waals surface area contributed by atoms with Gasteiger partial charge in [0.2, 0.25) is 11.8 Å². The Bertz CT molecular complexity index is 539. The predicted molar refractivity (Wildman–Crippen MR) is 87.8 cm³/mol. The van der Waals surface area contributed by atoms with Gasteiger partial charge in [0.1, 0.15) is 6.04 Å². The molecule has 0 aromatic heterocycles. The van der Waals surface area contributed by atoms with E-state index in [0.717, 1.165) is 24.8 Å². The van der Waals surface area contributed by atoms with Crippen LogP contribution in [0.2, 0.25) is 0 Å². The second kappa shape index (κ2) is 7.78. The van der Waals surface area contributed by atoms with E-state index in [1.165, 1.54) is 0 Å². The molecule has 4 heteroatoms. The monoisotopic (exact) mass is 300 g/mol. The van der Waals surface area contributed by atoms with Gasteiger partial charge in [0.25, 0.3) is 0 Å². The zero-order chi connectivity index (χ0) is 15.9. The summed E-state index contributed by atoms with van der Waals surface area (Å²) < 4.78 is 0. The standard InChI is InChI=1S/C18H24N2O2/c1-3-14(2)18(22)20-13-7-10-16(20)17(21)19-12-11-15-8-5-4-6-9-15/h4-6,8-9,11-12,14,16H,3,7,10,13H2,1-2H3,(H,19,21). The summed E-state index contributed by atoms with van der Waals surface area (Å²) in [5.41, 5.74) is 1.03. The summed E-state index contributed by atoms with van der Waals surface area (Å²) in [4.78, 5) is 26.4. The lowest BCUT2D eigenvalue weighted by atomic mass is 10.1. The van der Waals surface area contributed by atoms with E-state index < -0.39 is 0 Å². The van der Waals surface area contributed by atoms with Gasteiger partial charge in [-0.25, -0.2) is 0 Å². The highest BCUT2D eigenvalue weighted by Crippen LogP contribution is 2.21. The van der Waals surface area contributed by atoms with Crippen LogP contribution in [0.5, 0.6) is 0 Å². The average Bonchev–Trinajstić information content (AvgIpc) is 3.04. The van der Waals surface area contributed by atoms with Crippen molar-refractivity contribution in [1.29, 1.82) is 0 Å². The van der Waals surface area contributed by atoms with E-state index in [9.17, 15) is 9.59 Å². The van der Waals surface area contributed by atoms with E-state index in [0.29, 0.717) is 6.54 Å². The first-order chi connectivity index (χ1) is 10.6. The van der Waals surface area contributed by atoms with Crippen LogP contribution in [0.1, 0.15) is 38.7 Å². The molecule has 0 bridgehead atoms. The quantitative estimate of drug-likeness (QED) is 0.909. The summed E-state index contributed by atoms with van der Waals surface area (Å²) in [6.07, 6.45) is 5.95. The summed E-state index contributed by atoms with van der Waals surface area (Å²) in [6.45, 7) is 4.60. The third kappa shape index (κ3) is 3.97. The Hall–Kier alpha value is -2.10. The SMILES string of the molecule is CCC(C)C(=O)N1CCCC1C(=O)NC=Cc1ccccc1. The molecule has 0 radical (unpaired) electrons. The third-order valence-electron chi connectivity index (χ3n) is 4.17. The summed E-state index contributed by atoms with van der Waals surface area (Å²) in [5.74, 6) is -0.0261. The number of nitrogens with zero attached hydrogens (tertiary/aromatic N) is 1. The minimum Gasteiger partial charge on any atom is -0.331 e. The van der Waals surface area contributed by atoms with Gasteiger partial charge < -0.3 is 10.2 Å². The maximum atomic E-state index is 12.3. The van der Waals surface area contributed by atoms with Gasteiger partial charge in [-0.05, 0) is 30.9 Å². The van der Waals surface area contributed by atoms with Crippen molar-refractivity contribution in [2.45, 2.75) is 39.2 Å². The number of carbonyl (C=O) groups is 2. The van der Waals surface area contributed by atoms with Crippen molar-refractivity contribution in [2.24, 2.45) is 5.92 Å². The smallest absolute Gasteiger partial charge is 0.246 e. The van der Waals surface area contributed by atoms with Gasteiger partial charge in [0.15, 0.2) is 0 Å². The number of benzene rings is 1.